The summed E-state index contributed by atoms with van der Waals surface area (Å²) in [6.45, 7) is 3.80. The zero-order valence-corrected chi connectivity index (χ0v) is 20.9. The highest BCUT2D eigenvalue weighted by Gasteiger charge is 2.15. The zero-order chi connectivity index (χ0) is 25.5. The SMILES string of the molecule is COC(=O)c1cccc(C#Cc2cccc(NC(=O)c3ccccc3SCc3c(C)noc3C)c2)c1. The van der Waals surface area contributed by atoms with E-state index in [0.29, 0.717) is 28.1 Å². The number of rotatable bonds is 6. The van der Waals surface area contributed by atoms with Crippen LogP contribution in [0.5, 0.6) is 0 Å². The number of nitrogens with zero attached hydrogens (tertiary/aromatic N) is 1. The zero-order valence-electron chi connectivity index (χ0n) is 20.1. The van der Waals surface area contributed by atoms with Gasteiger partial charge in [-0.2, -0.15) is 0 Å². The normalized spacial score (nSPS) is 10.3. The summed E-state index contributed by atoms with van der Waals surface area (Å²) in [6, 6.07) is 21.8. The number of hydrogen-bond donors (Lipinski definition) is 1. The van der Waals surface area contributed by atoms with Gasteiger partial charge in [-0.05, 0) is 62.4 Å². The number of carbonyl (C=O) groups is 2. The van der Waals surface area contributed by atoms with Crippen molar-refractivity contribution in [3.8, 4) is 11.8 Å². The van der Waals surface area contributed by atoms with Crippen LogP contribution in [0.2, 0.25) is 0 Å². The Morgan fingerprint density at radius 2 is 1.69 bits per heavy atom. The lowest BCUT2D eigenvalue weighted by Crippen LogP contribution is -2.13. The van der Waals surface area contributed by atoms with Gasteiger partial charge in [-0.1, -0.05) is 41.3 Å². The van der Waals surface area contributed by atoms with Crippen molar-refractivity contribution in [2.24, 2.45) is 0 Å². The van der Waals surface area contributed by atoms with Crippen LogP contribution in [-0.2, 0) is 10.5 Å². The van der Waals surface area contributed by atoms with Crippen LogP contribution in [0.3, 0.4) is 0 Å². The Balaban J connectivity index is 1.48. The number of esters is 1. The van der Waals surface area contributed by atoms with Crippen LogP contribution >= 0.6 is 11.8 Å². The number of carbonyl (C=O) groups excluding carboxylic acids is 2. The van der Waals surface area contributed by atoms with Gasteiger partial charge in [-0.15, -0.1) is 11.8 Å². The molecule has 0 radical (unpaired) electrons. The van der Waals surface area contributed by atoms with Crippen LogP contribution in [0.25, 0.3) is 0 Å². The molecule has 1 amide bonds. The summed E-state index contributed by atoms with van der Waals surface area (Å²) in [5, 5.41) is 6.97. The van der Waals surface area contributed by atoms with E-state index >= 15 is 0 Å². The third-order valence-electron chi connectivity index (χ3n) is 5.44. The molecule has 0 saturated heterocycles. The van der Waals surface area contributed by atoms with E-state index in [4.69, 9.17) is 9.26 Å². The van der Waals surface area contributed by atoms with Crippen molar-refractivity contribution in [1.82, 2.24) is 5.16 Å². The Hall–Kier alpha value is -4.28. The first-order chi connectivity index (χ1) is 17.4. The average molecular weight is 497 g/mol. The van der Waals surface area contributed by atoms with Gasteiger partial charge in [0, 0.05) is 33.0 Å². The largest absolute Gasteiger partial charge is 0.465 e. The molecule has 180 valence electrons. The van der Waals surface area contributed by atoms with Gasteiger partial charge in [-0.3, -0.25) is 4.79 Å². The van der Waals surface area contributed by atoms with Gasteiger partial charge >= 0.3 is 5.97 Å². The fraction of sp³-hybridized carbons (Fsp3) is 0.138. The van der Waals surface area contributed by atoms with Crippen LogP contribution in [-0.4, -0.2) is 24.1 Å². The lowest BCUT2D eigenvalue weighted by molar-refractivity contribution is 0.0600. The Kier molecular flexibility index (Phi) is 7.89. The third kappa shape index (κ3) is 6.04. The van der Waals surface area contributed by atoms with Gasteiger partial charge in [0.2, 0.25) is 0 Å². The van der Waals surface area contributed by atoms with E-state index in [1.807, 2.05) is 68.4 Å². The molecule has 0 fully saturated rings. The lowest BCUT2D eigenvalue weighted by atomic mass is 10.1. The molecule has 6 nitrogen and oxygen atoms in total. The summed E-state index contributed by atoms with van der Waals surface area (Å²) >= 11 is 1.57. The number of thioether (sulfide) groups is 1. The molecule has 0 aliphatic rings. The first-order valence-corrected chi connectivity index (χ1v) is 12.2. The Morgan fingerprint density at radius 1 is 0.972 bits per heavy atom. The quantitative estimate of drug-likeness (QED) is 0.200. The molecule has 0 bridgehead atoms. The maximum atomic E-state index is 13.1. The van der Waals surface area contributed by atoms with Gasteiger partial charge < -0.3 is 14.6 Å². The van der Waals surface area contributed by atoms with Crippen molar-refractivity contribution in [3.63, 3.8) is 0 Å². The second-order valence-corrected chi connectivity index (χ2v) is 8.96. The molecule has 3 aromatic carbocycles. The Labute approximate surface area is 214 Å². The monoisotopic (exact) mass is 496 g/mol. The van der Waals surface area contributed by atoms with Crippen LogP contribution in [0.1, 0.15) is 48.9 Å². The molecule has 36 heavy (non-hydrogen) atoms. The van der Waals surface area contributed by atoms with Crippen molar-refractivity contribution in [2.75, 3.05) is 12.4 Å². The first-order valence-electron chi connectivity index (χ1n) is 11.2. The van der Waals surface area contributed by atoms with Crippen molar-refractivity contribution in [2.45, 2.75) is 24.5 Å². The number of ether oxygens (including phenoxy) is 1. The second-order valence-electron chi connectivity index (χ2n) is 7.94. The van der Waals surface area contributed by atoms with Gasteiger partial charge in [-0.25, -0.2) is 4.79 Å². The fourth-order valence-corrected chi connectivity index (χ4v) is 4.70. The average Bonchev–Trinajstić information content (AvgIpc) is 3.23. The molecule has 0 saturated carbocycles. The van der Waals surface area contributed by atoms with Crippen molar-refractivity contribution < 1.29 is 18.8 Å². The first kappa shape index (κ1) is 24.8. The summed E-state index contributed by atoms with van der Waals surface area (Å²) in [4.78, 5) is 25.7. The maximum absolute atomic E-state index is 13.1. The summed E-state index contributed by atoms with van der Waals surface area (Å²) < 4.78 is 10.0. The van der Waals surface area contributed by atoms with Crippen LogP contribution in [0, 0.1) is 25.7 Å². The molecule has 1 aromatic heterocycles. The lowest BCUT2D eigenvalue weighted by Gasteiger charge is -2.10. The summed E-state index contributed by atoms with van der Waals surface area (Å²) in [5.41, 5.74) is 4.99. The van der Waals surface area contributed by atoms with E-state index in [-0.39, 0.29) is 5.91 Å². The predicted octanol–water partition coefficient (Wildman–Crippen LogP) is 6.02. The summed E-state index contributed by atoms with van der Waals surface area (Å²) in [5.74, 6) is 6.98. The van der Waals surface area contributed by atoms with Crippen molar-refractivity contribution in [1.29, 1.82) is 0 Å². The standard InChI is InChI=1S/C29H24N2O4S/c1-19-26(20(2)35-31-19)18-36-27-13-5-4-12-25(27)28(32)30-24-11-7-9-22(17-24)15-14-21-8-6-10-23(16-21)29(33)34-3/h4-13,16-17H,18H2,1-3H3,(H,30,32). The van der Waals surface area contributed by atoms with E-state index in [9.17, 15) is 9.59 Å². The molecular formula is C29H24N2O4S. The molecule has 0 aliphatic heterocycles. The molecule has 0 spiro atoms. The van der Waals surface area contributed by atoms with Gasteiger partial charge in [0.05, 0.1) is 23.9 Å². The summed E-state index contributed by atoms with van der Waals surface area (Å²) in [6.07, 6.45) is 0. The maximum Gasteiger partial charge on any atom is 0.337 e. The second kappa shape index (κ2) is 11.4. The van der Waals surface area contributed by atoms with E-state index in [1.165, 1.54) is 7.11 Å². The van der Waals surface area contributed by atoms with Gasteiger partial charge in [0.15, 0.2) is 0 Å². The minimum Gasteiger partial charge on any atom is -0.465 e. The van der Waals surface area contributed by atoms with Crippen molar-refractivity contribution in [3.05, 3.63) is 112 Å². The molecule has 4 aromatic rings. The van der Waals surface area contributed by atoms with Crippen LogP contribution in [0.15, 0.2) is 82.2 Å². The van der Waals surface area contributed by atoms with Gasteiger partial charge in [0.1, 0.15) is 5.76 Å². The van der Waals surface area contributed by atoms with E-state index < -0.39 is 5.97 Å². The van der Waals surface area contributed by atoms with E-state index in [1.54, 1.807) is 30.0 Å². The van der Waals surface area contributed by atoms with Gasteiger partial charge in [0.25, 0.3) is 5.91 Å². The topological polar surface area (TPSA) is 81.4 Å². The Morgan fingerprint density at radius 3 is 2.42 bits per heavy atom. The molecule has 4 rings (SSSR count). The molecule has 1 heterocycles. The molecule has 0 unspecified atom stereocenters. The number of anilines is 1. The number of hydrogen-bond acceptors (Lipinski definition) is 6. The molecule has 1 N–H and O–H groups in total. The third-order valence-corrected chi connectivity index (χ3v) is 6.54. The Bertz CT molecular complexity index is 1460. The number of aromatic nitrogens is 1. The van der Waals surface area contributed by atoms with E-state index in [0.717, 1.165) is 27.5 Å². The summed E-state index contributed by atoms with van der Waals surface area (Å²) in [7, 11) is 1.34. The van der Waals surface area contributed by atoms with E-state index in [2.05, 4.69) is 22.3 Å². The number of aryl methyl sites for hydroxylation is 2. The highest BCUT2D eigenvalue weighted by Crippen LogP contribution is 2.29. The number of benzene rings is 3. The highest BCUT2D eigenvalue weighted by atomic mass is 32.2. The number of amides is 1. The van der Waals surface area contributed by atoms with Crippen LogP contribution < -0.4 is 5.32 Å². The van der Waals surface area contributed by atoms with Crippen molar-refractivity contribution >= 4 is 29.3 Å². The number of methoxy groups -OCH3 is 1. The molecule has 0 aliphatic carbocycles. The predicted molar refractivity (Wildman–Crippen MR) is 140 cm³/mol. The highest BCUT2D eigenvalue weighted by molar-refractivity contribution is 7.98. The molecule has 7 heteroatoms. The minimum atomic E-state index is -0.409. The smallest absolute Gasteiger partial charge is 0.337 e. The number of nitrogens with one attached hydrogen (secondary N) is 1. The molecular weight excluding hydrogens is 472 g/mol. The fourth-order valence-electron chi connectivity index (χ4n) is 3.50. The minimum absolute atomic E-state index is 0.201. The molecule has 0 atom stereocenters. The van der Waals surface area contributed by atoms with Crippen LogP contribution in [0.4, 0.5) is 5.69 Å².